The second-order valence-corrected chi connectivity index (χ2v) is 7.05. The maximum absolute atomic E-state index is 12.7. The molecule has 0 heterocycles. The van der Waals surface area contributed by atoms with Crippen LogP contribution in [-0.2, 0) is 6.61 Å². The van der Waals surface area contributed by atoms with Gasteiger partial charge in [0.1, 0.15) is 18.4 Å². The third-order valence-electron chi connectivity index (χ3n) is 4.71. The van der Waals surface area contributed by atoms with Crippen molar-refractivity contribution < 1.29 is 14.4 Å². The maximum atomic E-state index is 12.7. The zero-order valence-electron chi connectivity index (χ0n) is 16.4. The van der Waals surface area contributed by atoms with E-state index in [1.807, 2.05) is 66.7 Å². The molecule has 1 atom stereocenters. The Kier molecular flexibility index (Phi) is 6.82. The van der Waals surface area contributed by atoms with Gasteiger partial charge in [0, 0.05) is 11.1 Å². The Bertz CT molecular complexity index is 879. The minimum absolute atomic E-state index is 0.0904. The molecule has 0 unspecified atom stereocenters. The Hall–Kier alpha value is -3.11. The fourth-order valence-electron chi connectivity index (χ4n) is 3.11. The molecule has 0 spiro atoms. The van der Waals surface area contributed by atoms with E-state index in [1.54, 1.807) is 6.07 Å². The molecule has 0 fully saturated rings. The largest absolute Gasteiger partial charge is 0.489 e. The molecule has 0 radical (unpaired) electrons. The summed E-state index contributed by atoms with van der Waals surface area (Å²) in [5, 5.41) is 3.06. The second kappa shape index (κ2) is 9.72. The van der Waals surface area contributed by atoms with Gasteiger partial charge in [-0.15, -0.1) is 0 Å². The molecule has 0 aliphatic rings. The summed E-state index contributed by atoms with van der Waals surface area (Å²) in [5.41, 5.74) is 2.91. The standard InChI is InChI=1S/C24H26N2O2/c1-26(2)23(20-12-7-4-8-13-20)17-25-24(27)21-14-9-15-22(16-21)28-18-19-10-5-3-6-11-19/h3-16,23H,17-18H2,1-2H3,(H,25,27)/p+1/t23-/m1/s1. The molecular formula is C24H27N2O2+. The lowest BCUT2D eigenvalue weighted by molar-refractivity contribution is -0.890. The Labute approximate surface area is 166 Å². The van der Waals surface area contributed by atoms with Crippen LogP contribution in [0, 0.1) is 0 Å². The minimum Gasteiger partial charge on any atom is -0.489 e. The lowest BCUT2D eigenvalue weighted by Crippen LogP contribution is -3.07. The van der Waals surface area contributed by atoms with Crippen molar-refractivity contribution in [1.82, 2.24) is 5.32 Å². The fraction of sp³-hybridized carbons (Fsp3) is 0.208. The molecule has 3 aromatic rings. The van der Waals surface area contributed by atoms with E-state index in [9.17, 15) is 4.79 Å². The zero-order valence-corrected chi connectivity index (χ0v) is 16.4. The molecule has 3 aromatic carbocycles. The summed E-state index contributed by atoms with van der Waals surface area (Å²) < 4.78 is 5.83. The quantitative estimate of drug-likeness (QED) is 0.636. The predicted molar refractivity (Wildman–Crippen MR) is 112 cm³/mol. The zero-order chi connectivity index (χ0) is 19.8. The van der Waals surface area contributed by atoms with E-state index < -0.39 is 0 Å². The van der Waals surface area contributed by atoms with E-state index in [0.29, 0.717) is 24.5 Å². The van der Waals surface area contributed by atoms with Crippen LogP contribution in [-0.4, -0.2) is 26.5 Å². The van der Waals surface area contributed by atoms with Crippen molar-refractivity contribution >= 4 is 5.91 Å². The van der Waals surface area contributed by atoms with Gasteiger partial charge in [0.15, 0.2) is 0 Å². The average molecular weight is 375 g/mol. The number of hydrogen-bond donors (Lipinski definition) is 2. The summed E-state index contributed by atoms with van der Waals surface area (Å²) in [6.07, 6.45) is 0. The van der Waals surface area contributed by atoms with Crippen LogP contribution < -0.4 is 15.0 Å². The molecule has 0 aromatic heterocycles. The Morgan fingerprint density at radius 3 is 2.29 bits per heavy atom. The van der Waals surface area contributed by atoms with E-state index in [0.717, 1.165) is 5.56 Å². The van der Waals surface area contributed by atoms with Gasteiger partial charge in [0.2, 0.25) is 0 Å². The number of likely N-dealkylation sites (N-methyl/N-ethyl adjacent to an activating group) is 1. The normalized spacial score (nSPS) is 11.8. The van der Waals surface area contributed by atoms with Crippen molar-refractivity contribution in [1.29, 1.82) is 0 Å². The van der Waals surface area contributed by atoms with Crippen molar-refractivity contribution in [2.75, 3.05) is 20.6 Å². The Balaban J connectivity index is 1.61. The predicted octanol–water partition coefficient (Wildman–Crippen LogP) is 2.88. The number of ether oxygens (including phenoxy) is 1. The van der Waals surface area contributed by atoms with E-state index in [2.05, 4.69) is 31.5 Å². The highest BCUT2D eigenvalue weighted by molar-refractivity contribution is 5.94. The molecule has 3 rings (SSSR count). The summed E-state index contributed by atoms with van der Waals surface area (Å²) in [7, 11) is 4.20. The lowest BCUT2D eigenvalue weighted by Gasteiger charge is -2.22. The first-order valence-electron chi connectivity index (χ1n) is 9.53. The molecule has 0 bridgehead atoms. The highest BCUT2D eigenvalue weighted by atomic mass is 16.5. The van der Waals surface area contributed by atoms with Crippen molar-refractivity contribution in [3.63, 3.8) is 0 Å². The highest BCUT2D eigenvalue weighted by Gasteiger charge is 2.19. The lowest BCUT2D eigenvalue weighted by atomic mass is 10.1. The van der Waals surface area contributed by atoms with Crippen LogP contribution in [0.1, 0.15) is 27.5 Å². The molecule has 0 aliphatic carbocycles. The topological polar surface area (TPSA) is 42.8 Å². The van der Waals surface area contributed by atoms with E-state index in [-0.39, 0.29) is 11.9 Å². The van der Waals surface area contributed by atoms with Gasteiger partial charge in [0.25, 0.3) is 5.91 Å². The minimum atomic E-state index is -0.0904. The van der Waals surface area contributed by atoms with Crippen molar-refractivity contribution in [2.45, 2.75) is 12.6 Å². The van der Waals surface area contributed by atoms with Gasteiger partial charge < -0.3 is 15.0 Å². The SMILES string of the molecule is C[NH+](C)[C@H](CNC(=O)c1cccc(OCc2ccccc2)c1)c1ccccc1. The van der Waals surface area contributed by atoms with Crippen molar-refractivity contribution in [3.8, 4) is 5.75 Å². The van der Waals surface area contributed by atoms with Crippen molar-refractivity contribution in [2.24, 2.45) is 0 Å². The smallest absolute Gasteiger partial charge is 0.251 e. The van der Waals surface area contributed by atoms with Gasteiger partial charge in [0.05, 0.1) is 20.6 Å². The average Bonchev–Trinajstić information content (AvgIpc) is 2.74. The number of benzene rings is 3. The van der Waals surface area contributed by atoms with Crippen LogP contribution in [0.25, 0.3) is 0 Å². The maximum Gasteiger partial charge on any atom is 0.251 e. The number of carbonyl (C=O) groups excluding carboxylic acids is 1. The summed E-state index contributed by atoms with van der Waals surface area (Å²) in [4.78, 5) is 13.9. The fourth-order valence-corrected chi connectivity index (χ4v) is 3.11. The molecular weight excluding hydrogens is 348 g/mol. The molecule has 4 heteroatoms. The number of quaternary nitrogens is 1. The van der Waals surface area contributed by atoms with E-state index >= 15 is 0 Å². The summed E-state index contributed by atoms with van der Waals surface area (Å²) >= 11 is 0. The van der Waals surface area contributed by atoms with Gasteiger partial charge in [-0.1, -0.05) is 66.7 Å². The monoisotopic (exact) mass is 375 g/mol. The molecule has 28 heavy (non-hydrogen) atoms. The van der Waals surface area contributed by atoms with E-state index in [1.165, 1.54) is 10.5 Å². The molecule has 1 amide bonds. The molecule has 0 saturated heterocycles. The molecule has 2 N–H and O–H groups in total. The Morgan fingerprint density at radius 2 is 1.61 bits per heavy atom. The highest BCUT2D eigenvalue weighted by Crippen LogP contribution is 2.16. The van der Waals surface area contributed by atoms with Crippen LogP contribution in [0.15, 0.2) is 84.9 Å². The summed E-state index contributed by atoms with van der Waals surface area (Å²) in [5.74, 6) is 0.599. The third-order valence-corrected chi connectivity index (χ3v) is 4.71. The van der Waals surface area contributed by atoms with Gasteiger partial charge in [-0.05, 0) is 23.8 Å². The van der Waals surface area contributed by atoms with Crippen LogP contribution in [0.2, 0.25) is 0 Å². The summed E-state index contributed by atoms with van der Waals surface area (Å²) in [6, 6.07) is 27.8. The number of amides is 1. The number of carbonyl (C=O) groups is 1. The second-order valence-electron chi connectivity index (χ2n) is 7.05. The van der Waals surface area contributed by atoms with Gasteiger partial charge in [-0.3, -0.25) is 4.79 Å². The van der Waals surface area contributed by atoms with Crippen LogP contribution in [0.3, 0.4) is 0 Å². The third kappa shape index (κ3) is 5.44. The van der Waals surface area contributed by atoms with Gasteiger partial charge >= 0.3 is 0 Å². The van der Waals surface area contributed by atoms with Gasteiger partial charge in [-0.2, -0.15) is 0 Å². The molecule has 0 aliphatic heterocycles. The van der Waals surface area contributed by atoms with Crippen molar-refractivity contribution in [3.05, 3.63) is 102 Å². The number of rotatable bonds is 8. The summed E-state index contributed by atoms with van der Waals surface area (Å²) in [6.45, 7) is 1.05. The first-order valence-corrected chi connectivity index (χ1v) is 9.53. The van der Waals surface area contributed by atoms with Crippen LogP contribution in [0.5, 0.6) is 5.75 Å². The Morgan fingerprint density at radius 1 is 0.929 bits per heavy atom. The molecule has 4 nitrogen and oxygen atoms in total. The van der Waals surface area contributed by atoms with Crippen LogP contribution in [0.4, 0.5) is 0 Å². The van der Waals surface area contributed by atoms with Crippen LogP contribution >= 0.6 is 0 Å². The first kappa shape index (κ1) is 19.6. The van der Waals surface area contributed by atoms with E-state index in [4.69, 9.17) is 4.74 Å². The number of nitrogens with one attached hydrogen (secondary N) is 2. The van der Waals surface area contributed by atoms with Gasteiger partial charge in [-0.25, -0.2) is 0 Å². The number of hydrogen-bond acceptors (Lipinski definition) is 2. The molecule has 144 valence electrons. The molecule has 0 saturated carbocycles. The first-order chi connectivity index (χ1) is 13.6.